The smallest absolute Gasteiger partial charge is 0.150 e. The lowest BCUT2D eigenvalue weighted by Crippen LogP contribution is -2.21. The Labute approximate surface area is 155 Å². The van der Waals surface area contributed by atoms with Crippen LogP contribution in [-0.4, -0.2) is 27.6 Å². The van der Waals surface area contributed by atoms with E-state index in [1.165, 1.54) is 51.9 Å². The molecule has 3 aromatic rings. The van der Waals surface area contributed by atoms with E-state index in [1.807, 2.05) is 6.92 Å². The van der Waals surface area contributed by atoms with Gasteiger partial charge in [0.15, 0.2) is 5.65 Å². The molecule has 4 nitrogen and oxygen atoms in total. The van der Waals surface area contributed by atoms with Crippen LogP contribution in [0.25, 0.3) is 16.7 Å². The average Bonchev–Trinajstić information content (AvgIpc) is 3.37. The Kier molecular flexibility index (Phi) is 3.83. The summed E-state index contributed by atoms with van der Waals surface area (Å²) in [6.45, 7) is 13.0. The second-order valence-corrected chi connectivity index (χ2v) is 7.93. The summed E-state index contributed by atoms with van der Waals surface area (Å²) >= 11 is 0. The second kappa shape index (κ2) is 5.83. The van der Waals surface area contributed by atoms with Crippen LogP contribution in [0.3, 0.4) is 0 Å². The molecular weight excluding hydrogens is 320 g/mol. The number of hydrogen-bond acceptors (Lipinski definition) is 3. The Morgan fingerprint density at radius 3 is 2.15 bits per heavy atom. The van der Waals surface area contributed by atoms with Crippen molar-refractivity contribution in [3.05, 3.63) is 45.9 Å². The highest BCUT2D eigenvalue weighted by molar-refractivity contribution is 5.94. The lowest BCUT2D eigenvalue weighted by molar-refractivity contribution is 0.882. The number of hydrogen-bond donors (Lipinski definition) is 0. The molecule has 0 bridgehead atoms. The Morgan fingerprint density at radius 1 is 0.962 bits per heavy atom. The zero-order chi connectivity index (χ0) is 18.7. The van der Waals surface area contributed by atoms with Gasteiger partial charge < -0.3 is 4.90 Å². The maximum Gasteiger partial charge on any atom is 0.150 e. The number of nitrogens with zero attached hydrogens (tertiary/aromatic N) is 4. The fraction of sp³-hybridized carbons (Fsp3) is 0.455. The van der Waals surface area contributed by atoms with Gasteiger partial charge in [-0.15, -0.1) is 0 Å². The highest BCUT2D eigenvalue weighted by Crippen LogP contribution is 2.38. The number of benzene rings is 1. The first-order valence-electron chi connectivity index (χ1n) is 9.47. The molecule has 0 aliphatic heterocycles. The standard InChI is InChI=1S/C22H28N4/c1-12-10-13(2)20(14(3)11-12)26-16(5)15(4)19-21(25(7)18-8-9-18)23-17(6)24-22(19)26/h10-11,18H,8-9H2,1-7H3. The van der Waals surface area contributed by atoms with Gasteiger partial charge in [-0.25, -0.2) is 9.97 Å². The minimum absolute atomic E-state index is 0.624. The monoisotopic (exact) mass is 348 g/mol. The molecule has 0 N–H and O–H groups in total. The van der Waals surface area contributed by atoms with Crippen molar-refractivity contribution in [3.8, 4) is 5.69 Å². The molecular formula is C22H28N4. The van der Waals surface area contributed by atoms with Gasteiger partial charge in [-0.3, -0.25) is 4.57 Å². The van der Waals surface area contributed by atoms with Crippen LogP contribution in [0.2, 0.25) is 0 Å². The summed E-state index contributed by atoms with van der Waals surface area (Å²) in [7, 11) is 2.17. The third kappa shape index (κ3) is 2.51. The Balaban J connectivity index is 2.08. The van der Waals surface area contributed by atoms with E-state index in [-0.39, 0.29) is 0 Å². The number of fused-ring (bicyclic) bond motifs is 1. The van der Waals surface area contributed by atoms with Crippen LogP contribution >= 0.6 is 0 Å². The van der Waals surface area contributed by atoms with Gasteiger partial charge in [0.25, 0.3) is 0 Å². The largest absolute Gasteiger partial charge is 0.356 e. The minimum atomic E-state index is 0.624. The fourth-order valence-electron chi connectivity index (χ4n) is 4.24. The maximum atomic E-state index is 4.89. The lowest BCUT2D eigenvalue weighted by atomic mass is 10.0. The van der Waals surface area contributed by atoms with Crippen molar-refractivity contribution < 1.29 is 0 Å². The van der Waals surface area contributed by atoms with Crippen LogP contribution in [0.15, 0.2) is 12.1 Å². The summed E-state index contributed by atoms with van der Waals surface area (Å²) in [5.74, 6) is 1.91. The highest BCUT2D eigenvalue weighted by atomic mass is 15.2. The number of rotatable bonds is 3. The van der Waals surface area contributed by atoms with Crippen LogP contribution in [0, 0.1) is 41.5 Å². The van der Waals surface area contributed by atoms with Crippen molar-refractivity contribution in [1.82, 2.24) is 14.5 Å². The van der Waals surface area contributed by atoms with Crippen molar-refractivity contribution in [3.63, 3.8) is 0 Å². The SMILES string of the molecule is Cc1cc(C)c(-n2c(C)c(C)c3c(N(C)C4CC4)nc(C)nc32)c(C)c1. The van der Waals surface area contributed by atoms with Crippen molar-refractivity contribution in [2.75, 3.05) is 11.9 Å². The molecule has 1 aliphatic rings. The predicted octanol–water partition coefficient (Wildman–Crippen LogP) is 4.87. The Morgan fingerprint density at radius 2 is 1.58 bits per heavy atom. The van der Waals surface area contributed by atoms with Gasteiger partial charge >= 0.3 is 0 Å². The highest BCUT2D eigenvalue weighted by Gasteiger charge is 2.30. The summed E-state index contributed by atoms with van der Waals surface area (Å²) in [6, 6.07) is 5.14. The van der Waals surface area contributed by atoms with Crippen LogP contribution in [0.4, 0.5) is 5.82 Å². The molecule has 0 radical (unpaired) electrons. The van der Waals surface area contributed by atoms with Gasteiger partial charge in [-0.05, 0) is 71.1 Å². The zero-order valence-corrected chi connectivity index (χ0v) is 16.9. The van der Waals surface area contributed by atoms with E-state index >= 15 is 0 Å². The third-order valence-electron chi connectivity index (χ3n) is 5.74. The molecule has 1 aromatic carbocycles. The van der Waals surface area contributed by atoms with Crippen molar-refractivity contribution >= 4 is 16.9 Å². The lowest BCUT2D eigenvalue weighted by Gasteiger charge is -2.19. The molecule has 2 aromatic heterocycles. The second-order valence-electron chi connectivity index (χ2n) is 7.93. The Hall–Kier alpha value is -2.36. The van der Waals surface area contributed by atoms with E-state index in [1.54, 1.807) is 0 Å². The molecule has 1 aliphatic carbocycles. The van der Waals surface area contributed by atoms with Crippen LogP contribution in [0.5, 0.6) is 0 Å². The number of anilines is 1. The average molecular weight is 348 g/mol. The van der Waals surface area contributed by atoms with E-state index in [9.17, 15) is 0 Å². The van der Waals surface area contributed by atoms with Crippen molar-refractivity contribution in [1.29, 1.82) is 0 Å². The summed E-state index contributed by atoms with van der Waals surface area (Å²) in [4.78, 5) is 12.1. The van der Waals surface area contributed by atoms with Gasteiger partial charge in [0.05, 0.1) is 11.1 Å². The first kappa shape index (κ1) is 17.1. The molecule has 0 spiro atoms. The van der Waals surface area contributed by atoms with Gasteiger partial charge in [0.1, 0.15) is 11.6 Å². The molecule has 1 saturated carbocycles. The van der Waals surface area contributed by atoms with Gasteiger partial charge in [0.2, 0.25) is 0 Å². The summed E-state index contributed by atoms with van der Waals surface area (Å²) < 4.78 is 2.34. The summed E-state index contributed by atoms with van der Waals surface area (Å²) in [5.41, 5.74) is 8.69. The molecule has 4 heteroatoms. The van der Waals surface area contributed by atoms with Crippen LogP contribution in [-0.2, 0) is 0 Å². The van der Waals surface area contributed by atoms with E-state index in [4.69, 9.17) is 9.97 Å². The Bertz CT molecular complexity index is 1000. The molecule has 4 rings (SSSR count). The molecule has 0 amide bonds. The maximum absolute atomic E-state index is 4.89. The number of aryl methyl sites for hydroxylation is 5. The molecule has 0 atom stereocenters. The van der Waals surface area contributed by atoms with E-state index in [2.05, 4.69) is 63.3 Å². The van der Waals surface area contributed by atoms with E-state index in [0.717, 1.165) is 17.3 Å². The number of aromatic nitrogens is 3. The normalized spacial score (nSPS) is 14.3. The zero-order valence-electron chi connectivity index (χ0n) is 16.9. The molecule has 2 heterocycles. The van der Waals surface area contributed by atoms with Crippen molar-refractivity contribution in [2.45, 2.75) is 60.4 Å². The molecule has 0 unspecified atom stereocenters. The van der Waals surface area contributed by atoms with Crippen LogP contribution < -0.4 is 4.90 Å². The molecule has 26 heavy (non-hydrogen) atoms. The van der Waals surface area contributed by atoms with Crippen LogP contribution in [0.1, 0.15) is 46.6 Å². The topological polar surface area (TPSA) is 34.0 Å². The fourth-order valence-corrected chi connectivity index (χ4v) is 4.24. The van der Waals surface area contributed by atoms with Gasteiger partial charge in [-0.2, -0.15) is 0 Å². The van der Waals surface area contributed by atoms with Gasteiger partial charge in [-0.1, -0.05) is 17.7 Å². The minimum Gasteiger partial charge on any atom is -0.356 e. The van der Waals surface area contributed by atoms with Gasteiger partial charge in [0, 0.05) is 18.8 Å². The predicted molar refractivity (Wildman–Crippen MR) is 109 cm³/mol. The summed E-state index contributed by atoms with van der Waals surface area (Å²) in [5, 5.41) is 1.20. The van der Waals surface area contributed by atoms with Crippen molar-refractivity contribution in [2.24, 2.45) is 0 Å². The molecule has 0 saturated heterocycles. The van der Waals surface area contributed by atoms with E-state index in [0.29, 0.717) is 6.04 Å². The quantitative estimate of drug-likeness (QED) is 0.677. The first-order valence-corrected chi connectivity index (χ1v) is 9.47. The van der Waals surface area contributed by atoms with E-state index < -0.39 is 0 Å². The molecule has 1 fully saturated rings. The summed E-state index contributed by atoms with van der Waals surface area (Å²) in [6.07, 6.45) is 2.52. The third-order valence-corrected chi connectivity index (χ3v) is 5.74. The molecule has 136 valence electrons. The first-order chi connectivity index (χ1) is 12.3.